The van der Waals surface area contributed by atoms with E-state index in [1.807, 2.05) is 51.1 Å². The zero-order chi connectivity index (χ0) is 11.7. The van der Waals surface area contributed by atoms with E-state index in [0.29, 0.717) is 5.78 Å². The fourth-order valence-corrected chi connectivity index (χ4v) is 2.27. The van der Waals surface area contributed by atoms with Gasteiger partial charge in [0.2, 0.25) is 0 Å². The molecule has 1 aromatic carbocycles. The molecule has 0 N–H and O–H groups in total. The average molecular weight is 218 g/mol. The van der Waals surface area contributed by atoms with E-state index in [1.54, 1.807) is 0 Å². The number of hydrogen-bond donors (Lipinski definition) is 0. The molecule has 0 bridgehead atoms. The number of ether oxygens (including phenoxy) is 1. The van der Waals surface area contributed by atoms with E-state index >= 15 is 0 Å². The monoisotopic (exact) mass is 218 g/mol. The maximum absolute atomic E-state index is 12.0. The van der Waals surface area contributed by atoms with Gasteiger partial charge in [0.15, 0.2) is 0 Å². The molecular formula is C14H18O2. The number of carbonyl (C=O) groups excluding carboxylic acids is 1. The largest absolute Gasteiger partial charge is 0.369 e. The van der Waals surface area contributed by atoms with Gasteiger partial charge in [-0.2, -0.15) is 0 Å². The summed E-state index contributed by atoms with van der Waals surface area (Å²) in [4.78, 5) is 12.0. The van der Waals surface area contributed by atoms with E-state index in [4.69, 9.17) is 4.74 Å². The fourth-order valence-electron chi connectivity index (χ4n) is 2.27. The fraction of sp³-hybridized carbons (Fsp3) is 0.500. The number of rotatable bonds is 1. The summed E-state index contributed by atoms with van der Waals surface area (Å²) in [5.41, 5.74) is 1.10. The van der Waals surface area contributed by atoms with E-state index < -0.39 is 0 Å². The number of benzene rings is 1. The zero-order valence-electron chi connectivity index (χ0n) is 10.0. The highest BCUT2D eigenvalue weighted by molar-refractivity contribution is 5.84. The first-order valence-corrected chi connectivity index (χ1v) is 5.85. The summed E-state index contributed by atoms with van der Waals surface area (Å²) in [5.74, 6) is 0.274. The minimum absolute atomic E-state index is 0.00825. The van der Waals surface area contributed by atoms with E-state index in [1.165, 1.54) is 0 Å². The normalized spacial score (nSPS) is 35.1. The molecule has 1 aliphatic rings. The minimum Gasteiger partial charge on any atom is -0.369 e. The zero-order valence-corrected chi connectivity index (χ0v) is 10.0. The van der Waals surface area contributed by atoms with Crippen molar-refractivity contribution >= 4 is 5.78 Å². The number of ketones is 1. The second-order valence-electron chi connectivity index (χ2n) is 4.65. The molecule has 1 heterocycles. The lowest BCUT2D eigenvalue weighted by molar-refractivity contribution is -0.154. The van der Waals surface area contributed by atoms with Gasteiger partial charge in [0, 0.05) is 11.8 Å². The summed E-state index contributed by atoms with van der Waals surface area (Å²) >= 11 is 0. The predicted molar refractivity (Wildman–Crippen MR) is 63.1 cm³/mol. The van der Waals surface area contributed by atoms with Crippen molar-refractivity contribution in [1.82, 2.24) is 0 Å². The van der Waals surface area contributed by atoms with Crippen LogP contribution in [0.25, 0.3) is 0 Å². The third kappa shape index (κ3) is 1.90. The molecule has 2 heteroatoms. The Morgan fingerprint density at radius 3 is 2.25 bits per heavy atom. The quantitative estimate of drug-likeness (QED) is 0.724. The number of carbonyl (C=O) groups is 1. The van der Waals surface area contributed by atoms with Crippen molar-refractivity contribution in [2.75, 3.05) is 0 Å². The van der Waals surface area contributed by atoms with Gasteiger partial charge in [0.1, 0.15) is 5.78 Å². The molecule has 1 saturated heterocycles. The Bertz CT molecular complexity index is 372. The Morgan fingerprint density at radius 1 is 1.00 bits per heavy atom. The molecule has 0 aliphatic carbocycles. The number of hydrogen-bond acceptors (Lipinski definition) is 2. The lowest BCUT2D eigenvalue weighted by Gasteiger charge is -2.36. The van der Waals surface area contributed by atoms with Crippen molar-refractivity contribution in [3.8, 4) is 0 Å². The Labute approximate surface area is 96.6 Å². The summed E-state index contributed by atoms with van der Waals surface area (Å²) in [5, 5.41) is 0. The molecule has 86 valence electrons. The van der Waals surface area contributed by atoms with Gasteiger partial charge in [-0.3, -0.25) is 4.79 Å². The first-order valence-electron chi connectivity index (χ1n) is 5.85. The van der Waals surface area contributed by atoms with E-state index in [-0.39, 0.29) is 24.0 Å². The molecule has 0 saturated carbocycles. The van der Waals surface area contributed by atoms with Crippen LogP contribution in [0.1, 0.15) is 32.4 Å². The maximum atomic E-state index is 12.0. The minimum atomic E-state index is -0.0834. The van der Waals surface area contributed by atoms with E-state index in [0.717, 1.165) is 5.56 Å². The lowest BCUT2D eigenvalue weighted by Crippen LogP contribution is -2.40. The van der Waals surface area contributed by atoms with Crippen LogP contribution in [0, 0.1) is 11.8 Å². The Hall–Kier alpha value is -1.15. The Balaban J connectivity index is 2.26. The van der Waals surface area contributed by atoms with E-state index in [9.17, 15) is 4.79 Å². The van der Waals surface area contributed by atoms with Crippen molar-refractivity contribution in [1.29, 1.82) is 0 Å². The molecular weight excluding hydrogens is 200 g/mol. The van der Waals surface area contributed by atoms with Crippen molar-refractivity contribution < 1.29 is 9.53 Å². The van der Waals surface area contributed by atoms with Crippen molar-refractivity contribution in [2.24, 2.45) is 11.8 Å². The molecule has 0 spiro atoms. The first kappa shape index (κ1) is 11.3. The topological polar surface area (TPSA) is 26.3 Å². The van der Waals surface area contributed by atoms with Gasteiger partial charge in [-0.15, -0.1) is 0 Å². The smallest absolute Gasteiger partial charge is 0.144 e. The third-order valence-electron chi connectivity index (χ3n) is 3.55. The highest BCUT2D eigenvalue weighted by Gasteiger charge is 2.38. The SMILES string of the molecule is C[C@@H]1O[C@H](c2ccccc2)[C@H](C)C(=O)[C@H]1C. The van der Waals surface area contributed by atoms with Gasteiger partial charge in [0.05, 0.1) is 12.2 Å². The maximum Gasteiger partial charge on any atom is 0.144 e. The van der Waals surface area contributed by atoms with E-state index in [2.05, 4.69) is 0 Å². The van der Waals surface area contributed by atoms with Gasteiger partial charge < -0.3 is 4.74 Å². The highest BCUT2D eigenvalue weighted by Crippen LogP contribution is 2.36. The lowest BCUT2D eigenvalue weighted by atomic mass is 9.82. The van der Waals surface area contributed by atoms with Crippen LogP contribution >= 0.6 is 0 Å². The van der Waals surface area contributed by atoms with Crippen molar-refractivity contribution in [3.05, 3.63) is 35.9 Å². The molecule has 0 amide bonds. The molecule has 2 rings (SSSR count). The first-order chi connectivity index (χ1) is 7.61. The molecule has 0 aromatic heterocycles. The second kappa shape index (κ2) is 4.38. The molecule has 2 nitrogen and oxygen atoms in total. The highest BCUT2D eigenvalue weighted by atomic mass is 16.5. The third-order valence-corrected chi connectivity index (χ3v) is 3.55. The molecule has 1 aliphatic heterocycles. The van der Waals surface area contributed by atoms with Crippen molar-refractivity contribution in [2.45, 2.75) is 33.0 Å². The predicted octanol–water partition coefficient (Wildman–Crippen LogP) is 2.99. The van der Waals surface area contributed by atoms with Crippen molar-refractivity contribution in [3.63, 3.8) is 0 Å². The van der Waals surface area contributed by atoms with Crippen LogP contribution in [0.5, 0.6) is 0 Å². The molecule has 16 heavy (non-hydrogen) atoms. The summed E-state index contributed by atoms with van der Waals surface area (Å²) in [6.07, 6.45) is -0.0752. The molecule has 1 aromatic rings. The van der Waals surface area contributed by atoms with Crippen LogP contribution < -0.4 is 0 Å². The van der Waals surface area contributed by atoms with Crippen LogP contribution in [-0.2, 0) is 9.53 Å². The molecule has 0 unspecified atom stereocenters. The van der Waals surface area contributed by atoms with Gasteiger partial charge in [-0.05, 0) is 12.5 Å². The van der Waals surface area contributed by atoms with Gasteiger partial charge in [-0.1, -0.05) is 44.2 Å². The van der Waals surface area contributed by atoms with Gasteiger partial charge in [-0.25, -0.2) is 0 Å². The van der Waals surface area contributed by atoms with Crippen LogP contribution in [0.15, 0.2) is 30.3 Å². The standard InChI is InChI=1S/C14H18O2/c1-9-11(3)16-14(10(2)13(9)15)12-7-5-4-6-8-12/h4-11,14H,1-3H3/t9-,10+,11-,14-/m0/s1. The van der Waals surface area contributed by atoms with Crippen LogP contribution in [-0.4, -0.2) is 11.9 Å². The summed E-state index contributed by atoms with van der Waals surface area (Å²) in [6, 6.07) is 10.00. The van der Waals surface area contributed by atoms with Crippen LogP contribution in [0.4, 0.5) is 0 Å². The summed E-state index contributed by atoms with van der Waals surface area (Å²) < 4.78 is 5.95. The Morgan fingerprint density at radius 2 is 1.62 bits per heavy atom. The molecule has 4 atom stereocenters. The number of Topliss-reactive ketones (excluding diaryl/α,β-unsaturated/α-hetero) is 1. The molecule has 0 radical (unpaired) electrons. The Kier molecular flexibility index (Phi) is 3.10. The molecule has 1 fully saturated rings. The van der Waals surface area contributed by atoms with Gasteiger partial charge in [0.25, 0.3) is 0 Å². The summed E-state index contributed by atoms with van der Waals surface area (Å²) in [7, 11) is 0. The second-order valence-corrected chi connectivity index (χ2v) is 4.65. The van der Waals surface area contributed by atoms with Crippen LogP contribution in [0.2, 0.25) is 0 Å². The average Bonchev–Trinajstić information content (AvgIpc) is 2.32. The van der Waals surface area contributed by atoms with Gasteiger partial charge >= 0.3 is 0 Å². The summed E-state index contributed by atoms with van der Waals surface area (Å²) in [6.45, 7) is 5.89. The van der Waals surface area contributed by atoms with Crippen LogP contribution in [0.3, 0.4) is 0 Å².